The van der Waals surface area contributed by atoms with E-state index < -0.39 is 0 Å². The number of morpholine rings is 1. The van der Waals surface area contributed by atoms with E-state index in [2.05, 4.69) is 10.2 Å². The second kappa shape index (κ2) is 6.12. The molecular weight excluding hydrogens is 292 g/mol. The maximum Gasteiger partial charge on any atom is 0.276 e. The zero-order valence-corrected chi connectivity index (χ0v) is 13.0. The number of fused-ring (bicyclic) bond motifs is 1. The Morgan fingerprint density at radius 1 is 1.17 bits per heavy atom. The predicted molar refractivity (Wildman–Crippen MR) is 84.4 cm³/mol. The van der Waals surface area contributed by atoms with Gasteiger partial charge in [0, 0.05) is 6.54 Å². The number of benzene rings is 1. The van der Waals surface area contributed by atoms with Crippen LogP contribution in [-0.2, 0) is 4.74 Å². The molecule has 2 aromatic rings. The van der Waals surface area contributed by atoms with Gasteiger partial charge in [0.1, 0.15) is 0 Å². The molecule has 0 N–H and O–H groups in total. The average molecular weight is 312 g/mol. The minimum Gasteiger partial charge on any atom is -0.374 e. The third kappa shape index (κ3) is 2.74. The highest BCUT2D eigenvalue weighted by Gasteiger charge is 2.37. The normalized spacial score (nSPS) is 24.3. The molecule has 1 saturated carbocycles. The summed E-state index contributed by atoms with van der Waals surface area (Å²) in [5.74, 6) is -0.0348. The number of aromatic nitrogens is 3. The van der Waals surface area contributed by atoms with Crippen LogP contribution >= 0.6 is 0 Å². The standard InChI is InChI=1S/C17H20N4O2/c22-17(20-10-11-23-16-9-5-4-8-15(16)20)14-12-18-21(19-14)13-6-2-1-3-7-13/h1-3,6-7,12,15-16H,4-5,8-11H2/t15-,16+/m1/s1. The number of amides is 1. The summed E-state index contributed by atoms with van der Waals surface area (Å²) in [6.07, 6.45) is 6.15. The van der Waals surface area contributed by atoms with Crippen molar-refractivity contribution >= 4 is 5.91 Å². The van der Waals surface area contributed by atoms with Gasteiger partial charge in [-0.25, -0.2) is 0 Å². The van der Waals surface area contributed by atoms with E-state index in [0.717, 1.165) is 24.9 Å². The molecule has 0 radical (unpaired) electrons. The van der Waals surface area contributed by atoms with Gasteiger partial charge in [0.2, 0.25) is 0 Å². The van der Waals surface area contributed by atoms with Gasteiger partial charge in [-0.2, -0.15) is 9.90 Å². The Morgan fingerprint density at radius 3 is 2.87 bits per heavy atom. The molecule has 0 bridgehead atoms. The maximum absolute atomic E-state index is 12.9. The summed E-state index contributed by atoms with van der Waals surface area (Å²) in [4.78, 5) is 16.3. The van der Waals surface area contributed by atoms with Crippen molar-refractivity contribution in [2.24, 2.45) is 0 Å². The van der Waals surface area contributed by atoms with Crippen molar-refractivity contribution in [1.29, 1.82) is 0 Å². The summed E-state index contributed by atoms with van der Waals surface area (Å²) >= 11 is 0. The molecule has 6 heteroatoms. The molecule has 2 heterocycles. The van der Waals surface area contributed by atoms with Crippen LogP contribution in [0.2, 0.25) is 0 Å². The molecule has 1 aliphatic carbocycles. The molecule has 6 nitrogen and oxygen atoms in total. The zero-order valence-electron chi connectivity index (χ0n) is 13.0. The third-order valence-corrected chi connectivity index (χ3v) is 4.69. The second-order valence-corrected chi connectivity index (χ2v) is 6.11. The van der Waals surface area contributed by atoms with E-state index in [9.17, 15) is 4.79 Å². The molecule has 120 valence electrons. The molecule has 4 rings (SSSR count). The molecule has 1 aliphatic heterocycles. The molecule has 23 heavy (non-hydrogen) atoms. The minimum atomic E-state index is -0.0348. The van der Waals surface area contributed by atoms with Crippen LogP contribution in [0.1, 0.15) is 36.2 Å². The Balaban J connectivity index is 1.56. The first-order chi connectivity index (χ1) is 11.3. The van der Waals surface area contributed by atoms with Crippen molar-refractivity contribution < 1.29 is 9.53 Å². The van der Waals surface area contributed by atoms with E-state index in [1.165, 1.54) is 11.2 Å². The van der Waals surface area contributed by atoms with Crippen LogP contribution in [0.15, 0.2) is 36.5 Å². The van der Waals surface area contributed by atoms with Gasteiger partial charge in [0.25, 0.3) is 5.91 Å². The predicted octanol–water partition coefficient (Wildman–Crippen LogP) is 2.05. The van der Waals surface area contributed by atoms with Gasteiger partial charge < -0.3 is 9.64 Å². The first-order valence-electron chi connectivity index (χ1n) is 8.23. The lowest BCUT2D eigenvalue weighted by Gasteiger charge is -2.43. The van der Waals surface area contributed by atoms with E-state index in [-0.39, 0.29) is 18.1 Å². The van der Waals surface area contributed by atoms with Crippen LogP contribution in [0.3, 0.4) is 0 Å². The fraction of sp³-hybridized carbons (Fsp3) is 0.471. The average Bonchev–Trinajstić information content (AvgIpc) is 3.11. The van der Waals surface area contributed by atoms with Crippen LogP contribution in [0, 0.1) is 0 Å². The van der Waals surface area contributed by atoms with Crippen molar-refractivity contribution in [2.45, 2.75) is 37.8 Å². The largest absolute Gasteiger partial charge is 0.374 e. The van der Waals surface area contributed by atoms with Gasteiger partial charge in [-0.3, -0.25) is 4.79 Å². The highest BCUT2D eigenvalue weighted by molar-refractivity contribution is 5.92. The van der Waals surface area contributed by atoms with Crippen molar-refractivity contribution in [1.82, 2.24) is 19.9 Å². The van der Waals surface area contributed by atoms with Crippen molar-refractivity contribution in [2.75, 3.05) is 13.2 Å². The smallest absolute Gasteiger partial charge is 0.276 e. The summed E-state index contributed by atoms with van der Waals surface area (Å²) in [5, 5.41) is 8.60. The van der Waals surface area contributed by atoms with E-state index in [1.807, 2.05) is 35.2 Å². The van der Waals surface area contributed by atoms with Crippen LogP contribution in [0.5, 0.6) is 0 Å². The van der Waals surface area contributed by atoms with Crippen molar-refractivity contribution in [3.05, 3.63) is 42.2 Å². The molecular formula is C17H20N4O2. The molecule has 0 spiro atoms. The number of ether oxygens (including phenoxy) is 1. The summed E-state index contributed by atoms with van der Waals surface area (Å²) in [6, 6.07) is 9.81. The third-order valence-electron chi connectivity index (χ3n) is 4.69. The Hall–Kier alpha value is -2.21. The van der Waals surface area contributed by atoms with E-state index in [1.54, 1.807) is 6.20 Å². The van der Waals surface area contributed by atoms with Crippen LogP contribution < -0.4 is 0 Å². The number of hydrogen-bond acceptors (Lipinski definition) is 4. The quantitative estimate of drug-likeness (QED) is 0.851. The monoisotopic (exact) mass is 312 g/mol. The van der Waals surface area contributed by atoms with Crippen molar-refractivity contribution in [3.8, 4) is 5.69 Å². The maximum atomic E-state index is 12.9. The number of hydrogen-bond donors (Lipinski definition) is 0. The minimum absolute atomic E-state index is 0.0348. The molecule has 1 amide bonds. The molecule has 1 aromatic heterocycles. The zero-order chi connectivity index (χ0) is 15.6. The number of carbonyl (C=O) groups is 1. The fourth-order valence-electron chi connectivity index (χ4n) is 3.54. The molecule has 1 saturated heterocycles. The molecule has 1 aromatic carbocycles. The van der Waals surface area contributed by atoms with Gasteiger partial charge in [-0.15, -0.1) is 5.10 Å². The van der Waals surface area contributed by atoms with Gasteiger partial charge in [0.05, 0.1) is 30.6 Å². The fourth-order valence-corrected chi connectivity index (χ4v) is 3.54. The Morgan fingerprint density at radius 2 is 2.00 bits per heavy atom. The number of rotatable bonds is 2. The van der Waals surface area contributed by atoms with Gasteiger partial charge in [0.15, 0.2) is 5.69 Å². The summed E-state index contributed by atoms with van der Waals surface area (Å²) in [5.41, 5.74) is 1.25. The Labute approximate surface area is 135 Å². The van der Waals surface area contributed by atoms with Crippen molar-refractivity contribution in [3.63, 3.8) is 0 Å². The summed E-state index contributed by atoms with van der Waals surface area (Å²) in [6.45, 7) is 1.25. The van der Waals surface area contributed by atoms with E-state index in [4.69, 9.17) is 4.74 Å². The lowest BCUT2D eigenvalue weighted by atomic mass is 9.90. The first-order valence-corrected chi connectivity index (χ1v) is 8.23. The van der Waals surface area contributed by atoms with Gasteiger partial charge >= 0.3 is 0 Å². The van der Waals surface area contributed by atoms with E-state index >= 15 is 0 Å². The first kappa shape index (κ1) is 14.4. The highest BCUT2D eigenvalue weighted by Crippen LogP contribution is 2.29. The van der Waals surface area contributed by atoms with E-state index in [0.29, 0.717) is 18.8 Å². The lowest BCUT2D eigenvalue weighted by Crippen LogP contribution is -2.54. The number of carbonyl (C=O) groups excluding carboxylic acids is 1. The SMILES string of the molecule is O=C(c1cnn(-c2ccccc2)n1)N1CCO[C@H]2CCCC[C@H]21. The van der Waals surface area contributed by atoms with Gasteiger partial charge in [-0.05, 0) is 25.0 Å². The molecule has 0 unspecified atom stereocenters. The number of nitrogens with zero attached hydrogens (tertiary/aromatic N) is 4. The molecule has 2 fully saturated rings. The van der Waals surface area contributed by atoms with Crippen LogP contribution in [-0.4, -0.2) is 51.1 Å². The lowest BCUT2D eigenvalue weighted by molar-refractivity contribution is -0.0754. The summed E-state index contributed by atoms with van der Waals surface area (Å²) < 4.78 is 5.84. The summed E-state index contributed by atoms with van der Waals surface area (Å²) in [7, 11) is 0. The Kier molecular flexibility index (Phi) is 3.83. The van der Waals surface area contributed by atoms with Gasteiger partial charge in [-0.1, -0.05) is 31.0 Å². The molecule has 2 aliphatic rings. The number of para-hydroxylation sites is 1. The van der Waals surface area contributed by atoms with Crippen LogP contribution in [0.4, 0.5) is 0 Å². The molecule has 2 atom stereocenters. The topological polar surface area (TPSA) is 60.2 Å². The van der Waals surface area contributed by atoms with Crippen LogP contribution in [0.25, 0.3) is 5.69 Å². The highest BCUT2D eigenvalue weighted by atomic mass is 16.5. The Bertz CT molecular complexity index is 683. The second-order valence-electron chi connectivity index (χ2n) is 6.11.